The van der Waals surface area contributed by atoms with E-state index in [1.165, 1.54) is 5.56 Å². The molecule has 0 aliphatic rings. The zero-order valence-electron chi connectivity index (χ0n) is 8.63. The van der Waals surface area contributed by atoms with E-state index < -0.39 is 0 Å². The highest BCUT2D eigenvalue weighted by Gasteiger charge is 2.08. The van der Waals surface area contributed by atoms with E-state index in [1.807, 2.05) is 39.0 Å². The molecule has 2 nitrogen and oxygen atoms in total. The summed E-state index contributed by atoms with van der Waals surface area (Å²) in [6.45, 7) is 5.89. The van der Waals surface area contributed by atoms with Crippen molar-refractivity contribution in [3.05, 3.63) is 40.6 Å². The number of aliphatic hydroxyl groups is 1. The van der Waals surface area contributed by atoms with Gasteiger partial charge in [-0.1, -0.05) is 17.7 Å². The fourth-order valence-electron chi connectivity index (χ4n) is 1.75. The second-order valence-corrected chi connectivity index (χ2v) is 3.43. The van der Waals surface area contributed by atoms with Crippen molar-refractivity contribution in [2.24, 2.45) is 0 Å². The van der Waals surface area contributed by atoms with Crippen LogP contribution < -0.4 is 0 Å². The molecule has 0 spiro atoms. The first-order valence-electron chi connectivity index (χ1n) is 4.43. The van der Waals surface area contributed by atoms with E-state index in [9.17, 15) is 0 Å². The minimum Gasteiger partial charge on any atom is -0.514 e. The molecule has 0 bridgehead atoms. The molecule has 0 aromatic heterocycles. The molecule has 0 aliphatic carbocycles. The number of hydrogen-bond donors (Lipinski definition) is 1. The number of allylic oxidation sites excluding steroid dienone is 1. The third-order valence-electron chi connectivity index (χ3n) is 2.20. The standard InChI is InChI=1S/C12H13NO/c1-8-4-9(2)12(10(3)5-8)11(6-13)7-14/h4-5,7,14H,1-3H3/b11-7-. The Morgan fingerprint density at radius 3 is 2.14 bits per heavy atom. The Morgan fingerprint density at radius 2 is 1.79 bits per heavy atom. The fourth-order valence-corrected chi connectivity index (χ4v) is 1.75. The smallest absolute Gasteiger partial charge is 0.103 e. The minimum atomic E-state index is 0.319. The summed E-state index contributed by atoms with van der Waals surface area (Å²) in [5.74, 6) is 0. The molecule has 0 radical (unpaired) electrons. The molecule has 0 amide bonds. The monoisotopic (exact) mass is 187 g/mol. The van der Waals surface area contributed by atoms with E-state index in [2.05, 4.69) is 0 Å². The molecule has 1 aromatic carbocycles. The van der Waals surface area contributed by atoms with E-state index in [0.717, 1.165) is 23.0 Å². The zero-order chi connectivity index (χ0) is 10.7. The van der Waals surface area contributed by atoms with Crippen LogP contribution in [-0.4, -0.2) is 5.11 Å². The number of hydrogen-bond acceptors (Lipinski definition) is 2. The van der Waals surface area contributed by atoms with E-state index >= 15 is 0 Å². The van der Waals surface area contributed by atoms with Gasteiger partial charge in [-0.15, -0.1) is 0 Å². The lowest BCUT2D eigenvalue weighted by Gasteiger charge is -2.08. The van der Waals surface area contributed by atoms with Gasteiger partial charge in [-0.05, 0) is 31.9 Å². The highest BCUT2D eigenvalue weighted by atomic mass is 16.2. The second-order valence-electron chi connectivity index (χ2n) is 3.43. The zero-order valence-corrected chi connectivity index (χ0v) is 8.63. The summed E-state index contributed by atoms with van der Waals surface area (Å²) in [6, 6.07) is 5.99. The van der Waals surface area contributed by atoms with Crippen molar-refractivity contribution in [1.29, 1.82) is 5.26 Å². The van der Waals surface area contributed by atoms with Gasteiger partial charge in [0.25, 0.3) is 0 Å². The largest absolute Gasteiger partial charge is 0.514 e. The maximum absolute atomic E-state index is 8.91. The van der Waals surface area contributed by atoms with Crippen molar-refractivity contribution >= 4 is 5.57 Å². The van der Waals surface area contributed by atoms with Crippen LogP contribution >= 0.6 is 0 Å². The van der Waals surface area contributed by atoms with Crippen LogP contribution in [0.25, 0.3) is 5.57 Å². The molecule has 0 saturated heterocycles. The molecule has 1 rings (SSSR count). The van der Waals surface area contributed by atoms with Crippen LogP contribution in [0, 0.1) is 32.1 Å². The molecule has 0 aliphatic heterocycles. The Balaban J connectivity index is 3.44. The predicted molar refractivity (Wildman–Crippen MR) is 56.9 cm³/mol. The number of aliphatic hydroxyl groups excluding tert-OH is 1. The average Bonchev–Trinajstić information content (AvgIpc) is 2.10. The Labute approximate surface area is 84.1 Å². The van der Waals surface area contributed by atoms with Crippen molar-refractivity contribution in [3.8, 4) is 6.07 Å². The molecule has 1 aromatic rings. The molecular formula is C12H13NO. The van der Waals surface area contributed by atoms with Gasteiger partial charge >= 0.3 is 0 Å². The Morgan fingerprint density at radius 1 is 1.29 bits per heavy atom. The first-order chi connectivity index (χ1) is 6.60. The van der Waals surface area contributed by atoms with Gasteiger partial charge in [0.1, 0.15) is 6.07 Å². The van der Waals surface area contributed by atoms with Crippen molar-refractivity contribution < 1.29 is 5.11 Å². The Hall–Kier alpha value is -1.75. The summed E-state index contributed by atoms with van der Waals surface area (Å²) < 4.78 is 0. The van der Waals surface area contributed by atoms with Gasteiger partial charge in [0.05, 0.1) is 11.8 Å². The summed E-state index contributed by atoms with van der Waals surface area (Å²) in [7, 11) is 0. The summed E-state index contributed by atoms with van der Waals surface area (Å²) in [4.78, 5) is 0. The van der Waals surface area contributed by atoms with Gasteiger partial charge in [-0.3, -0.25) is 0 Å². The van der Waals surface area contributed by atoms with Crippen molar-refractivity contribution in [2.45, 2.75) is 20.8 Å². The van der Waals surface area contributed by atoms with Gasteiger partial charge in [0, 0.05) is 5.56 Å². The summed E-state index contributed by atoms with van der Waals surface area (Å²) >= 11 is 0. The third kappa shape index (κ3) is 1.77. The first kappa shape index (κ1) is 10.3. The van der Waals surface area contributed by atoms with E-state index in [-0.39, 0.29) is 0 Å². The molecule has 1 N–H and O–H groups in total. The van der Waals surface area contributed by atoms with Crippen LogP contribution in [0.5, 0.6) is 0 Å². The SMILES string of the molecule is Cc1cc(C)c(/C(C#N)=C\O)c(C)c1. The lowest BCUT2D eigenvalue weighted by atomic mass is 9.95. The molecule has 14 heavy (non-hydrogen) atoms. The average molecular weight is 187 g/mol. The third-order valence-corrected chi connectivity index (χ3v) is 2.20. The highest BCUT2D eigenvalue weighted by Crippen LogP contribution is 2.23. The van der Waals surface area contributed by atoms with Crippen molar-refractivity contribution in [3.63, 3.8) is 0 Å². The Bertz CT molecular complexity index is 401. The number of benzene rings is 1. The van der Waals surface area contributed by atoms with Crippen LogP contribution in [0.4, 0.5) is 0 Å². The molecule has 72 valence electrons. The maximum Gasteiger partial charge on any atom is 0.103 e. The summed E-state index contributed by atoms with van der Waals surface area (Å²) in [6.07, 6.45) is 0.866. The van der Waals surface area contributed by atoms with E-state index in [1.54, 1.807) is 0 Å². The topological polar surface area (TPSA) is 44.0 Å². The minimum absolute atomic E-state index is 0.319. The highest BCUT2D eigenvalue weighted by molar-refractivity contribution is 5.79. The maximum atomic E-state index is 8.91. The van der Waals surface area contributed by atoms with Crippen molar-refractivity contribution in [1.82, 2.24) is 0 Å². The van der Waals surface area contributed by atoms with Gasteiger partial charge in [-0.2, -0.15) is 5.26 Å². The number of rotatable bonds is 1. The van der Waals surface area contributed by atoms with Crippen LogP contribution in [-0.2, 0) is 0 Å². The van der Waals surface area contributed by atoms with Gasteiger partial charge < -0.3 is 5.11 Å². The molecule has 0 unspecified atom stereocenters. The van der Waals surface area contributed by atoms with Crippen LogP contribution in [0.15, 0.2) is 18.4 Å². The molecule has 0 atom stereocenters. The van der Waals surface area contributed by atoms with Gasteiger partial charge in [0.15, 0.2) is 0 Å². The van der Waals surface area contributed by atoms with E-state index in [0.29, 0.717) is 5.57 Å². The lowest BCUT2D eigenvalue weighted by molar-refractivity contribution is 0.476. The van der Waals surface area contributed by atoms with Crippen LogP contribution in [0.3, 0.4) is 0 Å². The van der Waals surface area contributed by atoms with Crippen molar-refractivity contribution in [2.75, 3.05) is 0 Å². The number of aryl methyl sites for hydroxylation is 3. The molecule has 0 fully saturated rings. The number of nitrogens with zero attached hydrogens (tertiary/aromatic N) is 1. The summed E-state index contributed by atoms with van der Waals surface area (Å²) in [5.41, 5.74) is 4.35. The molecule has 0 saturated carbocycles. The normalized spacial score (nSPS) is 11.1. The van der Waals surface area contributed by atoms with Crippen LogP contribution in [0.1, 0.15) is 22.3 Å². The second kappa shape index (κ2) is 3.97. The summed E-state index contributed by atoms with van der Waals surface area (Å²) in [5, 5.41) is 17.7. The van der Waals surface area contributed by atoms with E-state index in [4.69, 9.17) is 10.4 Å². The molecular weight excluding hydrogens is 174 g/mol. The molecule has 0 heterocycles. The fraction of sp³-hybridized carbons (Fsp3) is 0.250. The van der Waals surface area contributed by atoms with Crippen LogP contribution in [0.2, 0.25) is 0 Å². The van der Waals surface area contributed by atoms with Gasteiger partial charge in [-0.25, -0.2) is 0 Å². The first-order valence-corrected chi connectivity index (χ1v) is 4.43. The van der Waals surface area contributed by atoms with Gasteiger partial charge in [0.2, 0.25) is 0 Å². The predicted octanol–water partition coefficient (Wildman–Crippen LogP) is 3.03. The Kier molecular flexibility index (Phi) is 2.93. The molecule has 2 heteroatoms. The quantitative estimate of drug-likeness (QED) is 0.542. The lowest BCUT2D eigenvalue weighted by Crippen LogP contribution is -1.93. The number of nitriles is 1.